The first-order valence-corrected chi connectivity index (χ1v) is 12.3. The summed E-state index contributed by atoms with van der Waals surface area (Å²) < 4.78 is 0. The first-order valence-electron chi connectivity index (χ1n) is 12.3. The maximum Gasteiger partial charge on any atom is 0.303 e. The molecule has 0 aromatic heterocycles. The van der Waals surface area contributed by atoms with Gasteiger partial charge in [0.15, 0.2) is 0 Å². The van der Waals surface area contributed by atoms with Gasteiger partial charge in [0.05, 0.1) is 12.2 Å². The second-order valence-electron chi connectivity index (χ2n) is 11.8. The van der Waals surface area contributed by atoms with Crippen LogP contribution in [-0.4, -0.2) is 33.5 Å². The molecule has 11 atom stereocenters. The summed E-state index contributed by atoms with van der Waals surface area (Å²) in [6.45, 7) is 11.2. The van der Waals surface area contributed by atoms with Crippen LogP contribution in [0.15, 0.2) is 12.7 Å². The number of rotatable bonds is 5. The highest BCUT2D eigenvalue weighted by molar-refractivity contribution is 5.66. The van der Waals surface area contributed by atoms with Crippen molar-refractivity contribution in [1.82, 2.24) is 0 Å². The zero-order valence-electron chi connectivity index (χ0n) is 19.1. The van der Waals surface area contributed by atoms with E-state index in [0.29, 0.717) is 35.5 Å². The average Bonchev–Trinajstić information content (AvgIpc) is 3.05. The number of aliphatic hydroxyl groups is 2. The predicted octanol–water partition coefficient (Wildman–Crippen LogP) is 4.89. The van der Waals surface area contributed by atoms with Crippen LogP contribution in [-0.2, 0) is 4.79 Å². The molecule has 0 heterocycles. The number of hydrogen-bond acceptors (Lipinski definition) is 3. The van der Waals surface area contributed by atoms with E-state index in [2.05, 4.69) is 27.4 Å². The highest BCUT2D eigenvalue weighted by Crippen LogP contribution is 2.69. The van der Waals surface area contributed by atoms with E-state index in [1.54, 1.807) is 0 Å². The normalized spacial score (nSPS) is 51.4. The van der Waals surface area contributed by atoms with E-state index in [1.807, 2.05) is 6.08 Å². The molecular formula is C26H42O4. The molecule has 0 amide bonds. The van der Waals surface area contributed by atoms with Crippen LogP contribution in [0.4, 0.5) is 0 Å². The van der Waals surface area contributed by atoms with Crippen molar-refractivity contribution in [2.75, 3.05) is 0 Å². The molecule has 4 heteroatoms. The van der Waals surface area contributed by atoms with Gasteiger partial charge in [-0.05, 0) is 97.7 Å². The van der Waals surface area contributed by atoms with E-state index in [9.17, 15) is 15.0 Å². The summed E-state index contributed by atoms with van der Waals surface area (Å²) in [5.41, 5.74) is 0.374. The number of carboxylic acid groups (broad SMARTS) is 1. The third-order valence-electron chi connectivity index (χ3n) is 10.7. The Kier molecular flexibility index (Phi) is 5.89. The summed E-state index contributed by atoms with van der Waals surface area (Å²) in [6, 6.07) is 0. The fourth-order valence-electron chi connectivity index (χ4n) is 9.17. The van der Waals surface area contributed by atoms with Gasteiger partial charge in [0.1, 0.15) is 0 Å². The van der Waals surface area contributed by atoms with Gasteiger partial charge >= 0.3 is 5.97 Å². The summed E-state index contributed by atoms with van der Waals surface area (Å²) in [4.78, 5) is 11.1. The van der Waals surface area contributed by atoms with Crippen LogP contribution in [0.5, 0.6) is 0 Å². The average molecular weight is 419 g/mol. The van der Waals surface area contributed by atoms with Gasteiger partial charge in [-0.1, -0.05) is 26.8 Å². The fraction of sp³-hybridized carbons (Fsp3) is 0.885. The van der Waals surface area contributed by atoms with E-state index in [1.165, 1.54) is 6.42 Å². The van der Waals surface area contributed by atoms with Crippen molar-refractivity contribution in [2.24, 2.45) is 52.3 Å². The highest BCUT2D eigenvalue weighted by Gasteiger charge is 2.64. The van der Waals surface area contributed by atoms with Crippen molar-refractivity contribution in [3.8, 4) is 0 Å². The molecule has 4 rings (SSSR count). The van der Waals surface area contributed by atoms with Gasteiger partial charge in [0.2, 0.25) is 0 Å². The van der Waals surface area contributed by atoms with Crippen LogP contribution >= 0.6 is 0 Å². The number of hydrogen-bond donors (Lipinski definition) is 3. The summed E-state index contributed by atoms with van der Waals surface area (Å²) in [5.74, 6) is 2.00. The maximum absolute atomic E-state index is 11.6. The quantitative estimate of drug-likeness (QED) is 0.556. The van der Waals surface area contributed by atoms with Crippen LogP contribution in [0.3, 0.4) is 0 Å². The summed E-state index contributed by atoms with van der Waals surface area (Å²) in [7, 11) is 0. The van der Waals surface area contributed by atoms with Crippen LogP contribution in [0.1, 0.15) is 78.6 Å². The third-order valence-corrected chi connectivity index (χ3v) is 10.7. The van der Waals surface area contributed by atoms with Gasteiger partial charge < -0.3 is 15.3 Å². The van der Waals surface area contributed by atoms with E-state index < -0.39 is 5.97 Å². The zero-order chi connectivity index (χ0) is 21.8. The minimum Gasteiger partial charge on any atom is -0.481 e. The van der Waals surface area contributed by atoms with Crippen molar-refractivity contribution in [3.63, 3.8) is 0 Å². The highest BCUT2D eigenvalue weighted by atomic mass is 16.4. The topological polar surface area (TPSA) is 77.8 Å². The Morgan fingerprint density at radius 2 is 1.73 bits per heavy atom. The molecule has 0 saturated heterocycles. The monoisotopic (exact) mass is 418 g/mol. The van der Waals surface area contributed by atoms with E-state index in [0.717, 1.165) is 44.9 Å². The van der Waals surface area contributed by atoms with Crippen molar-refractivity contribution in [3.05, 3.63) is 12.7 Å². The fourth-order valence-corrected chi connectivity index (χ4v) is 9.17. The van der Waals surface area contributed by atoms with E-state index >= 15 is 0 Å². The van der Waals surface area contributed by atoms with Crippen LogP contribution in [0.2, 0.25) is 0 Å². The standard InChI is InChI=1S/C26H42O4/c1-5-17-21-14-16(27)10-12-26(21,4)20-11-13-25(3)18(15(2)6-9-22(28)29)7-8-19(25)23(20)24(17)30/h5,15-21,23-24,27,30H,1,6-14H2,2-4H3,(H,28,29)/t15-,16-,17?,18-,19+,20+,21+,23+,24-,25-,26-/m1/s1. The lowest BCUT2D eigenvalue weighted by Crippen LogP contribution is -2.61. The molecule has 4 nitrogen and oxygen atoms in total. The second kappa shape index (κ2) is 7.92. The Bertz CT molecular complexity index is 676. The molecule has 4 saturated carbocycles. The predicted molar refractivity (Wildman–Crippen MR) is 118 cm³/mol. The van der Waals surface area contributed by atoms with Gasteiger partial charge in [0.25, 0.3) is 0 Å². The van der Waals surface area contributed by atoms with E-state index in [-0.39, 0.29) is 35.4 Å². The van der Waals surface area contributed by atoms with Crippen molar-refractivity contribution < 1.29 is 20.1 Å². The minimum atomic E-state index is -0.694. The van der Waals surface area contributed by atoms with Crippen molar-refractivity contribution >= 4 is 5.97 Å². The first kappa shape index (κ1) is 22.3. The number of carbonyl (C=O) groups is 1. The number of carboxylic acids is 1. The number of fused-ring (bicyclic) bond motifs is 5. The van der Waals surface area contributed by atoms with Crippen LogP contribution in [0, 0.1) is 52.3 Å². The molecule has 0 bridgehead atoms. The molecule has 0 radical (unpaired) electrons. The minimum absolute atomic E-state index is 0.0667. The zero-order valence-corrected chi connectivity index (χ0v) is 19.1. The Morgan fingerprint density at radius 3 is 2.40 bits per heavy atom. The molecule has 1 unspecified atom stereocenters. The van der Waals surface area contributed by atoms with Crippen LogP contribution < -0.4 is 0 Å². The van der Waals surface area contributed by atoms with Gasteiger partial charge in [-0.2, -0.15) is 0 Å². The Labute approximate surface area is 182 Å². The molecule has 30 heavy (non-hydrogen) atoms. The second-order valence-corrected chi connectivity index (χ2v) is 11.8. The lowest BCUT2D eigenvalue weighted by atomic mass is 9.41. The van der Waals surface area contributed by atoms with Gasteiger partial charge in [-0.25, -0.2) is 0 Å². The first-order chi connectivity index (χ1) is 14.1. The molecule has 170 valence electrons. The molecule has 4 fully saturated rings. The lowest BCUT2D eigenvalue weighted by molar-refractivity contribution is -0.193. The number of aliphatic hydroxyl groups excluding tert-OH is 2. The smallest absolute Gasteiger partial charge is 0.303 e. The lowest BCUT2D eigenvalue weighted by Gasteiger charge is -2.64. The van der Waals surface area contributed by atoms with E-state index in [4.69, 9.17) is 5.11 Å². The molecule has 0 spiro atoms. The van der Waals surface area contributed by atoms with Crippen molar-refractivity contribution in [2.45, 2.75) is 90.8 Å². The maximum atomic E-state index is 11.6. The largest absolute Gasteiger partial charge is 0.481 e. The number of aliphatic carboxylic acids is 1. The SMILES string of the molecule is C=CC1[C@@H](O)[C@@H]2[C@H](CC[C@]3(C)[C@@H]([C@H](C)CCC(=O)O)CC[C@@H]23)[C@@]2(C)CC[C@@H](O)C[C@@H]12. The Morgan fingerprint density at radius 1 is 1.07 bits per heavy atom. The Balaban J connectivity index is 1.62. The molecule has 0 aliphatic heterocycles. The third kappa shape index (κ3) is 3.28. The molecule has 4 aliphatic rings. The van der Waals surface area contributed by atoms with Crippen LogP contribution in [0.25, 0.3) is 0 Å². The molecular weight excluding hydrogens is 376 g/mol. The summed E-state index contributed by atoms with van der Waals surface area (Å²) >= 11 is 0. The van der Waals surface area contributed by atoms with Gasteiger partial charge in [0, 0.05) is 12.3 Å². The molecule has 3 N–H and O–H groups in total. The Hall–Kier alpha value is -0.870. The molecule has 4 aliphatic carbocycles. The summed E-state index contributed by atoms with van der Waals surface area (Å²) in [6.07, 6.45) is 9.79. The van der Waals surface area contributed by atoms with Gasteiger partial charge in [-0.3, -0.25) is 4.79 Å². The molecule has 0 aromatic carbocycles. The molecule has 0 aromatic rings. The summed E-state index contributed by atoms with van der Waals surface area (Å²) in [5, 5.41) is 31.2. The van der Waals surface area contributed by atoms with Crippen molar-refractivity contribution in [1.29, 1.82) is 0 Å². The van der Waals surface area contributed by atoms with Gasteiger partial charge in [-0.15, -0.1) is 6.58 Å².